The van der Waals surface area contributed by atoms with Crippen molar-refractivity contribution in [3.05, 3.63) is 65.2 Å². The molecule has 3 heteroatoms. The summed E-state index contributed by atoms with van der Waals surface area (Å²) in [5.74, 6) is 0.930. The van der Waals surface area contributed by atoms with Crippen molar-refractivity contribution in [3.8, 4) is 5.75 Å². The molecule has 0 spiro atoms. The number of rotatable bonds is 5. The van der Waals surface area contributed by atoms with Crippen LogP contribution in [0.3, 0.4) is 0 Å². The van der Waals surface area contributed by atoms with Gasteiger partial charge in [0.05, 0.1) is 12.3 Å². The minimum atomic E-state index is 0.705. The molecule has 0 atom stereocenters. The number of aryl methyl sites for hydroxylation is 1. The Hall–Kier alpha value is -2.29. The Balaban J connectivity index is 1.58. The molecule has 0 aliphatic heterocycles. The highest BCUT2D eigenvalue weighted by Crippen LogP contribution is 2.31. The van der Waals surface area contributed by atoms with Crippen molar-refractivity contribution in [2.24, 2.45) is 5.16 Å². The number of fused-ring (bicyclic) bond motifs is 1. The van der Waals surface area contributed by atoms with E-state index in [4.69, 9.17) is 9.94 Å². The highest BCUT2D eigenvalue weighted by Gasteiger charge is 2.21. The highest BCUT2D eigenvalue weighted by atomic mass is 16.5. The number of oxime groups is 1. The average molecular weight is 281 g/mol. The van der Waals surface area contributed by atoms with Crippen LogP contribution in [0, 0.1) is 0 Å². The maximum absolute atomic E-state index is 8.99. The lowest BCUT2D eigenvalue weighted by atomic mass is 10.1. The largest absolute Gasteiger partial charge is 0.493 e. The molecule has 0 bridgehead atoms. The number of hydrogen-bond donors (Lipinski definition) is 1. The number of benzene rings is 2. The first kappa shape index (κ1) is 13.7. The first-order valence-corrected chi connectivity index (χ1v) is 7.38. The molecule has 21 heavy (non-hydrogen) atoms. The van der Waals surface area contributed by atoms with E-state index >= 15 is 0 Å². The summed E-state index contributed by atoms with van der Waals surface area (Å²) >= 11 is 0. The molecule has 2 aromatic carbocycles. The topological polar surface area (TPSA) is 41.8 Å². The van der Waals surface area contributed by atoms with Crippen LogP contribution in [0.4, 0.5) is 0 Å². The lowest BCUT2D eigenvalue weighted by molar-refractivity contribution is 0.308. The van der Waals surface area contributed by atoms with E-state index in [0.717, 1.165) is 42.7 Å². The fraction of sp³-hybridized carbons (Fsp3) is 0.278. The van der Waals surface area contributed by atoms with E-state index < -0.39 is 0 Å². The molecular formula is C18H19NO2. The van der Waals surface area contributed by atoms with Crippen LogP contribution in [0.1, 0.15) is 29.5 Å². The van der Waals surface area contributed by atoms with Gasteiger partial charge < -0.3 is 9.94 Å². The van der Waals surface area contributed by atoms with Gasteiger partial charge in [-0.1, -0.05) is 47.6 Å². The molecule has 0 aromatic heterocycles. The Labute approximate surface area is 124 Å². The molecule has 0 fully saturated rings. The van der Waals surface area contributed by atoms with Crippen LogP contribution in [0.5, 0.6) is 5.75 Å². The molecule has 1 aliphatic carbocycles. The first-order chi connectivity index (χ1) is 10.4. The molecular weight excluding hydrogens is 262 g/mol. The van der Waals surface area contributed by atoms with Gasteiger partial charge in [0.15, 0.2) is 0 Å². The SMILES string of the molecule is ON=C1CCc2c(OCCCc3ccccc3)cccc21. The molecule has 1 N–H and O–H groups in total. The monoisotopic (exact) mass is 281 g/mol. The molecule has 1 aliphatic rings. The maximum atomic E-state index is 8.99. The smallest absolute Gasteiger partial charge is 0.123 e. The van der Waals surface area contributed by atoms with E-state index in [1.165, 1.54) is 11.1 Å². The lowest BCUT2D eigenvalue weighted by Crippen LogP contribution is -2.02. The van der Waals surface area contributed by atoms with Gasteiger partial charge >= 0.3 is 0 Å². The quantitative estimate of drug-likeness (QED) is 0.514. The van der Waals surface area contributed by atoms with Crippen LogP contribution < -0.4 is 4.74 Å². The summed E-state index contributed by atoms with van der Waals surface area (Å²) in [7, 11) is 0. The third-order valence-electron chi connectivity index (χ3n) is 3.89. The molecule has 0 heterocycles. The summed E-state index contributed by atoms with van der Waals surface area (Å²) in [6.45, 7) is 0.705. The number of nitrogens with zero attached hydrogens (tertiary/aromatic N) is 1. The van der Waals surface area contributed by atoms with Crippen molar-refractivity contribution in [1.82, 2.24) is 0 Å². The van der Waals surface area contributed by atoms with Gasteiger partial charge in [-0.2, -0.15) is 0 Å². The summed E-state index contributed by atoms with van der Waals surface area (Å²) in [6.07, 6.45) is 3.70. The van der Waals surface area contributed by atoms with Gasteiger partial charge in [-0.25, -0.2) is 0 Å². The van der Waals surface area contributed by atoms with Gasteiger partial charge in [-0.3, -0.25) is 0 Å². The maximum Gasteiger partial charge on any atom is 0.123 e. The van der Waals surface area contributed by atoms with Crippen molar-refractivity contribution in [3.63, 3.8) is 0 Å². The van der Waals surface area contributed by atoms with Crippen molar-refractivity contribution in [1.29, 1.82) is 0 Å². The van der Waals surface area contributed by atoms with Crippen LogP contribution in [-0.4, -0.2) is 17.5 Å². The molecule has 3 nitrogen and oxygen atoms in total. The van der Waals surface area contributed by atoms with Gasteiger partial charge in [0, 0.05) is 11.1 Å². The second-order valence-electron chi connectivity index (χ2n) is 5.27. The van der Waals surface area contributed by atoms with Gasteiger partial charge in [0.25, 0.3) is 0 Å². The third kappa shape index (κ3) is 3.07. The van der Waals surface area contributed by atoms with E-state index in [1.54, 1.807) is 0 Å². The molecule has 2 aromatic rings. The Morgan fingerprint density at radius 3 is 2.67 bits per heavy atom. The zero-order chi connectivity index (χ0) is 14.5. The second kappa shape index (κ2) is 6.44. The minimum Gasteiger partial charge on any atom is -0.493 e. The first-order valence-electron chi connectivity index (χ1n) is 7.38. The van der Waals surface area contributed by atoms with Crippen LogP contribution in [0.2, 0.25) is 0 Å². The van der Waals surface area contributed by atoms with E-state index in [0.29, 0.717) is 6.61 Å². The van der Waals surface area contributed by atoms with Gasteiger partial charge in [0.2, 0.25) is 0 Å². The van der Waals surface area contributed by atoms with Gasteiger partial charge in [-0.05, 0) is 37.3 Å². The van der Waals surface area contributed by atoms with Crippen molar-refractivity contribution in [2.45, 2.75) is 25.7 Å². The normalized spacial score (nSPS) is 15.1. The van der Waals surface area contributed by atoms with Crippen molar-refractivity contribution in [2.75, 3.05) is 6.61 Å². The molecule has 0 amide bonds. The van der Waals surface area contributed by atoms with Gasteiger partial charge in [-0.15, -0.1) is 0 Å². The summed E-state index contributed by atoms with van der Waals surface area (Å²) < 4.78 is 5.93. The summed E-state index contributed by atoms with van der Waals surface area (Å²) in [6, 6.07) is 16.4. The molecule has 108 valence electrons. The summed E-state index contributed by atoms with van der Waals surface area (Å²) in [5, 5.41) is 12.4. The van der Waals surface area contributed by atoms with Gasteiger partial charge in [0.1, 0.15) is 5.75 Å². The van der Waals surface area contributed by atoms with E-state index in [9.17, 15) is 0 Å². The highest BCUT2D eigenvalue weighted by molar-refractivity contribution is 6.04. The Bertz CT molecular complexity index is 635. The Kier molecular flexibility index (Phi) is 4.20. The predicted molar refractivity (Wildman–Crippen MR) is 83.3 cm³/mol. The molecule has 0 radical (unpaired) electrons. The summed E-state index contributed by atoms with van der Waals surface area (Å²) in [4.78, 5) is 0. The van der Waals surface area contributed by atoms with Crippen molar-refractivity contribution >= 4 is 5.71 Å². The van der Waals surface area contributed by atoms with Crippen LogP contribution in [-0.2, 0) is 12.8 Å². The number of ether oxygens (including phenoxy) is 1. The van der Waals surface area contributed by atoms with Crippen LogP contribution >= 0.6 is 0 Å². The third-order valence-corrected chi connectivity index (χ3v) is 3.89. The molecule has 3 rings (SSSR count). The molecule has 0 unspecified atom stereocenters. The van der Waals surface area contributed by atoms with Crippen LogP contribution in [0.15, 0.2) is 53.7 Å². The number of hydrogen-bond acceptors (Lipinski definition) is 3. The summed E-state index contributed by atoms with van der Waals surface area (Å²) in [5.41, 5.74) is 4.30. The predicted octanol–water partition coefficient (Wildman–Crippen LogP) is 3.82. The van der Waals surface area contributed by atoms with E-state index in [1.807, 2.05) is 24.3 Å². The zero-order valence-corrected chi connectivity index (χ0v) is 12.0. The Morgan fingerprint density at radius 2 is 1.86 bits per heavy atom. The Morgan fingerprint density at radius 1 is 1.00 bits per heavy atom. The van der Waals surface area contributed by atoms with Crippen LogP contribution in [0.25, 0.3) is 0 Å². The van der Waals surface area contributed by atoms with E-state index in [2.05, 4.69) is 29.4 Å². The fourth-order valence-corrected chi connectivity index (χ4v) is 2.81. The standard InChI is InChI=1S/C18H19NO2/c20-19-17-12-11-16-15(17)9-4-10-18(16)21-13-5-8-14-6-2-1-3-7-14/h1-4,6-7,9-10,20H,5,8,11-13H2. The zero-order valence-electron chi connectivity index (χ0n) is 12.0. The second-order valence-corrected chi connectivity index (χ2v) is 5.27. The average Bonchev–Trinajstić information content (AvgIpc) is 2.96. The van der Waals surface area contributed by atoms with E-state index in [-0.39, 0.29) is 0 Å². The van der Waals surface area contributed by atoms with Crippen molar-refractivity contribution < 1.29 is 9.94 Å². The minimum absolute atomic E-state index is 0.705. The molecule has 0 saturated heterocycles. The lowest BCUT2D eigenvalue weighted by Gasteiger charge is -2.10. The molecule has 0 saturated carbocycles. The fourth-order valence-electron chi connectivity index (χ4n) is 2.81.